The Morgan fingerprint density at radius 2 is 1.93 bits per heavy atom. The number of hydrogen-bond donors (Lipinski definition) is 2. The molecule has 3 atom stereocenters. The molecule has 0 bridgehead atoms. The van der Waals surface area contributed by atoms with Crippen molar-refractivity contribution in [2.24, 2.45) is 5.92 Å². The van der Waals surface area contributed by atoms with E-state index in [-0.39, 0.29) is 6.04 Å². The molecule has 3 unspecified atom stereocenters. The van der Waals surface area contributed by atoms with Crippen molar-refractivity contribution in [2.75, 3.05) is 21.1 Å². The van der Waals surface area contributed by atoms with Crippen LogP contribution >= 0.6 is 7.82 Å². The number of rotatable bonds is 3. The van der Waals surface area contributed by atoms with E-state index in [4.69, 9.17) is 15.0 Å². The molecule has 2 N–H and O–H groups in total. The third kappa shape index (κ3) is 2.53. The van der Waals surface area contributed by atoms with Gasteiger partial charge in [-0.2, -0.15) is 5.26 Å². The third-order valence-corrected chi connectivity index (χ3v) is 2.74. The van der Waals surface area contributed by atoms with Crippen LogP contribution in [0.15, 0.2) is 0 Å². The lowest BCUT2D eigenvalue weighted by Gasteiger charge is -2.24. The van der Waals surface area contributed by atoms with Crippen molar-refractivity contribution in [2.45, 2.75) is 12.1 Å². The van der Waals surface area contributed by atoms with Crippen molar-refractivity contribution in [1.29, 1.82) is 5.26 Å². The fraction of sp³-hybridized carbons (Fsp3) is 0.857. The van der Waals surface area contributed by atoms with Gasteiger partial charge in [-0.1, -0.05) is 0 Å². The van der Waals surface area contributed by atoms with Crippen LogP contribution in [-0.4, -0.2) is 47.6 Å². The van der Waals surface area contributed by atoms with Gasteiger partial charge in [0.15, 0.2) is 0 Å². The van der Waals surface area contributed by atoms with Crippen LogP contribution in [0.4, 0.5) is 0 Å². The SMILES string of the molecule is C[N+](C)(C)C1C(C#N)C1OP(=O)(O)O. The molecule has 1 fully saturated rings. The molecule has 0 aromatic rings. The molecule has 0 saturated heterocycles. The van der Waals surface area contributed by atoms with Crippen LogP contribution in [0.2, 0.25) is 0 Å². The van der Waals surface area contributed by atoms with Gasteiger partial charge in [0.05, 0.1) is 27.2 Å². The summed E-state index contributed by atoms with van der Waals surface area (Å²) in [6.07, 6.45) is -0.652. The normalized spacial score (nSPS) is 32.4. The van der Waals surface area contributed by atoms with E-state index in [0.29, 0.717) is 4.48 Å². The number of phosphoric ester groups is 1. The van der Waals surface area contributed by atoms with E-state index < -0.39 is 19.8 Å². The quantitative estimate of drug-likeness (QED) is 0.504. The van der Waals surface area contributed by atoms with Crippen molar-refractivity contribution in [3.8, 4) is 6.07 Å². The van der Waals surface area contributed by atoms with Gasteiger partial charge in [0.2, 0.25) is 0 Å². The molecule has 7 heteroatoms. The molecule has 1 aliphatic rings. The first-order chi connectivity index (χ1) is 6.17. The highest BCUT2D eigenvalue weighted by Gasteiger charge is 2.63. The molecule has 6 nitrogen and oxygen atoms in total. The highest BCUT2D eigenvalue weighted by molar-refractivity contribution is 7.46. The van der Waals surface area contributed by atoms with Gasteiger partial charge in [-0.25, -0.2) is 4.57 Å². The first-order valence-electron chi connectivity index (χ1n) is 4.11. The Hall–Kier alpha value is -0.440. The van der Waals surface area contributed by atoms with E-state index in [1.807, 2.05) is 27.2 Å². The summed E-state index contributed by atoms with van der Waals surface area (Å²) in [7, 11) is 1.10. The van der Waals surface area contributed by atoms with Crippen molar-refractivity contribution >= 4 is 7.82 Å². The predicted molar refractivity (Wildman–Crippen MR) is 47.8 cm³/mol. The number of hydrogen-bond acceptors (Lipinski definition) is 3. The van der Waals surface area contributed by atoms with Gasteiger partial charge in [-0.15, -0.1) is 0 Å². The van der Waals surface area contributed by atoms with Crippen molar-refractivity contribution in [3.05, 3.63) is 0 Å². The Balaban J connectivity index is 2.68. The maximum absolute atomic E-state index is 10.6. The van der Waals surface area contributed by atoms with Crippen LogP contribution in [0.1, 0.15) is 0 Å². The van der Waals surface area contributed by atoms with E-state index in [9.17, 15) is 4.57 Å². The van der Waals surface area contributed by atoms with Gasteiger partial charge in [-0.05, 0) is 0 Å². The minimum Gasteiger partial charge on any atom is -0.325 e. The number of likely N-dealkylation sites (N-methyl/N-ethyl adjacent to an activating group) is 1. The zero-order chi connectivity index (χ0) is 11.1. The van der Waals surface area contributed by atoms with Crippen molar-refractivity contribution in [3.63, 3.8) is 0 Å². The maximum Gasteiger partial charge on any atom is 0.470 e. The zero-order valence-corrected chi connectivity index (χ0v) is 9.18. The largest absolute Gasteiger partial charge is 0.470 e. The Morgan fingerprint density at radius 1 is 1.43 bits per heavy atom. The Labute approximate surface area is 82.5 Å². The van der Waals surface area contributed by atoms with Crippen molar-refractivity contribution < 1.29 is 23.4 Å². The molecule has 0 amide bonds. The summed E-state index contributed by atoms with van der Waals surface area (Å²) in [6, 6.07) is 1.82. The van der Waals surface area contributed by atoms with Crippen molar-refractivity contribution in [1.82, 2.24) is 0 Å². The summed E-state index contributed by atoms with van der Waals surface area (Å²) in [5, 5.41) is 8.71. The summed E-state index contributed by atoms with van der Waals surface area (Å²) in [5.74, 6) is -0.428. The van der Waals surface area contributed by atoms with Gasteiger partial charge in [0, 0.05) is 0 Å². The molecule has 0 aromatic heterocycles. The van der Waals surface area contributed by atoms with Gasteiger partial charge in [-0.3, -0.25) is 4.52 Å². The van der Waals surface area contributed by atoms with Crippen LogP contribution in [0.3, 0.4) is 0 Å². The third-order valence-electron chi connectivity index (χ3n) is 2.22. The first kappa shape index (κ1) is 11.6. The minimum absolute atomic E-state index is 0.160. The smallest absolute Gasteiger partial charge is 0.325 e. The monoisotopic (exact) mass is 221 g/mol. The fourth-order valence-corrected chi connectivity index (χ4v) is 2.20. The molecule has 14 heavy (non-hydrogen) atoms. The molecule has 0 spiro atoms. The van der Waals surface area contributed by atoms with Gasteiger partial charge in [0.25, 0.3) is 0 Å². The number of quaternary nitrogens is 1. The average Bonchev–Trinajstić information content (AvgIpc) is 2.56. The second-order valence-electron chi connectivity index (χ2n) is 4.32. The lowest BCUT2D eigenvalue weighted by atomic mass is 10.4. The van der Waals surface area contributed by atoms with Gasteiger partial charge >= 0.3 is 7.82 Å². The highest BCUT2D eigenvalue weighted by Crippen LogP contribution is 2.50. The minimum atomic E-state index is -4.48. The lowest BCUT2D eigenvalue weighted by Crippen LogP contribution is -2.39. The second kappa shape index (κ2) is 3.30. The van der Waals surface area contributed by atoms with E-state index in [1.54, 1.807) is 0 Å². The topological polar surface area (TPSA) is 90.5 Å². The summed E-state index contributed by atoms with van der Waals surface area (Å²) in [4.78, 5) is 17.2. The average molecular weight is 221 g/mol. The van der Waals surface area contributed by atoms with E-state index in [0.717, 1.165) is 0 Å². The maximum atomic E-state index is 10.6. The van der Waals surface area contributed by atoms with Gasteiger partial charge in [0.1, 0.15) is 18.1 Å². The molecule has 0 heterocycles. The first-order valence-corrected chi connectivity index (χ1v) is 5.64. The second-order valence-corrected chi connectivity index (χ2v) is 5.51. The standard InChI is InChI=1S/C7H13N2O4P/c1-9(2,3)6-5(4-8)7(6)13-14(10,11)12/h5-7H,1-3H3,(H-,10,11,12)/p+1. The molecule has 1 aliphatic carbocycles. The van der Waals surface area contributed by atoms with Crippen LogP contribution in [0.25, 0.3) is 0 Å². The molecule has 80 valence electrons. The molecule has 1 rings (SSSR count). The van der Waals surface area contributed by atoms with Crippen LogP contribution in [0, 0.1) is 17.2 Å². The number of nitrogens with zero attached hydrogens (tertiary/aromatic N) is 2. The van der Waals surface area contributed by atoms with Crippen LogP contribution < -0.4 is 0 Å². The van der Waals surface area contributed by atoms with Gasteiger partial charge < -0.3 is 14.3 Å². The van der Waals surface area contributed by atoms with E-state index in [1.165, 1.54) is 0 Å². The molecule has 0 radical (unpaired) electrons. The Kier molecular flexibility index (Phi) is 2.74. The Morgan fingerprint density at radius 3 is 2.14 bits per heavy atom. The molecular formula is C7H14N2O4P+. The van der Waals surface area contributed by atoms with Crippen LogP contribution in [0.5, 0.6) is 0 Å². The molecule has 0 aromatic carbocycles. The Bertz CT molecular complexity index is 313. The van der Waals surface area contributed by atoms with E-state index in [2.05, 4.69) is 4.52 Å². The lowest BCUT2D eigenvalue weighted by molar-refractivity contribution is -0.884. The van der Waals surface area contributed by atoms with Crippen LogP contribution in [-0.2, 0) is 9.09 Å². The number of phosphoric acid groups is 1. The fourth-order valence-electron chi connectivity index (χ4n) is 1.63. The molecule has 1 saturated carbocycles. The summed E-state index contributed by atoms with van der Waals surface area (Å²) >= 11 is 0. The van der Waals surface area contributed by atoms with E-state index >= 15 is 0 Å². The summed E-state index contributed by atoms with van der Waals surface area (Å²) in [5.41, 5.74) is 0. The molecular weight excluding hydrogens is 207 g/mol. The molecule has 0 aliphatic heterocycles. The number of nitriles is 1. The predicted octanol–water partition coefficient (Wildman–Crippen LogP) is -0.308. The summed E-state index contributed by atoms with van der Waals surface area (Å²) < 4.78 is 15.6. The zero-order valence-electron chi connectivity index (χ0n) is 8.28. The summed E-state index contributed by atoms with van der Waals surface area (Å²) in [6.45, 7) is 0. The highest BCUT2D eigenvalue weighted by atomic mass is 31.2.